The van der Waals surface area contributed by atoms with Crippen molar-refractivity contribution in [2.24, 2.45) is 7.05 Å². The zero-order chi connectivity index (χ0) is 15.2. The maximum Gasteiger partial charge on any atom is 0.307 e. The van der Waals surface area contributed by atoms with Gasteiger partial charge in [-0.1, -0.05) is 0 Å². The van der Waals surface area contributed by atoms with Crippen molar-refractivity contribution in [1.29, 1.82) is 0 Å². The minimum Gasteiger partial charge on any atom is -0.469 e. The van der Waals surface area contributed by atoms with Crippen molar-refractivity contribution < 1.29 is 19.1 Å². The number of aryl methyl sites for hydroxylation is 1. The topological polar surface area (TPSA) is 73.7 Å². The standard InChI is InChI=1S/C14H21N3O4/c1-16-12(5-7-15-16)14(19)17(8-6-13(18)20-2)10-11-4-3-9-21-11/h5,7,11H,3-4,6,8-10H2,1-2H3. The van der Waals surface area contributed by atoms with E-state index in [1.54, 1.807) is 24.2 Å². The molecule has 1 amide bonds. The predicted octanol–water partition coefficient (Wildman–Crippen LogP) is 0.604. The lowest BCUT2D eigenvalue weighted by Gasteiger charge is -2.25. The van der Waals surface area contributed by atoms with E-state index in [4.69, 9.17) is 4.74 Å². The summed E-state index contributed by atoms with van der Waals surface area (Å²) >= 11 is 0. The van der Waals surface area contributed by atoms with Crippen LogP contribution in [0.1, 0.15) is 29.8 Å². The minimum atomic E-state index is -0.329. The molecule has 0 N–H and O–H groups in total. The van der Waals surface area contributed by atoms with Gasteiger partial charge in [0.05, 0.1) is 19.6 Å². The summed E-state index contributed by atoms with van der Waals surface area (Å²) in [5.74, 6) is -0.473. The molecule has 2 heterocycles. The van der Waals surface area contributed by atoms with E-state index < -0.39 is 0 Å². The Morgan fingerprint density at radius 1 is 1.57 bits per heavy atom. The highest BCUT2D eigenvalue weighted by Crippen LogP contribution is 2.15. The number of hydrogen-bond donors (Lipinski definition) is 0. The van der Waals surface area contributed by atoms with Crippen molar-refractivity contribution >= 4 is 11.9 Å². The van der Waals surface area contributed by atoms with Gasteiger partial charge in [-0.3, -0.25) is 14.3 Å². The molecule has 1 aliphatic heterocycles. The summed E-state index contributed by atoms with van der Waals surface area (Å²) in [6, 6.07) is 1.67. The second-order valence-corrected chi connectivity index (χ2v) is 5.05. The summed E-state index contributed by atoms with van der Waals surface area (Å²) in [6.45, 7) is 1.53. The van der Waals surface area contributed by atoms with Crippen LogP contribution in [0.15, 0.2) is 12.3 Å². The molecule has 1 fully saturated rings. The van der Waals surface area contributed by atoms with Gasteiger partial charge in [0.15, 0.2) is 0 Å². The number of methoxy groups -OCH3 is 1. The number of nitrogens with zero attached hydrogens (tertiary/aromatic N) is 3. The molecule has 7 nitrogen and oxygen atoms in total. The molecular weight excluding hydrogens is 274 g/mol. The van der Waals surface area contributed by atoms with Crippen LogP contribution in [0.25, 0.3) is 0 Å². The van der Waals surface area contributed by atoms with Crippen LogP contribution in [0, 0.1) is 0 Å². The number of rotatable bonds is 6. The zero-order valence-electron chi connectivity index (χ0n) is 12.4. The predicted molar refractivity (Wildman–Crippen MR) is 74.7 cm³/mol. The fourth-order valence-corrected chi connectivity index (χ4v) is 2.38. The molecule has 1 aromatic rings. The Bertz CT molecular complexity index is 494. The average molecular weight is 295 g/mol. The highest BCUT2D eigenvalue weighted by molar-refractivity contribution is 5.92. The van der Waals surface area contributed by atoms with E-state index in [9.17, 15) is 9.59 Å². The summed E-state index contributed by atoms with van der Waals surface area (Å²) in [6.07, 6.45) is 3.74. The third kappa shape index (κ3) is 4.04. The first-order valence-corrected chi connectivity index (χ1v) is 7.07. The van der Waals surface area contributed by atoms with Crippen LogP contribution in [0.2, 0.25) is 0 Å². The van der Waals surface area contributed by atoms with Gasteiger partial charge in [-0.25, -0.2) is 0 Å². The Balaban J connectivity index is 2.04. The first-order valence-electron chi connectivity index (χ1n) is 7.07. The summed E-state index contributed by atoms with van der Waals surface area (Å²) in [5, 5.41) is 4.01. The van der Waals surface area contributed by atoms with E-state index in [-0.39, 0.29) is 24.4 Å². The molecule has 0 spiro atoms. The minimum absolute atomic E-state index is 0.0415. The smallest absolute Gasteiger partial charge is 0.307 e. The number of ether oxygens (including phenoxy) is 2. The van der Waals surface area contributed by atoms with Gasteiger partial charge in [0, 0.05) is 32.9 Å². The number of aromatic nitrogens is 2. The van der Waals surface area contributed by atoms with Crippen molar-refractivity contribution in [2.75, 3.05) is 26.8 Å². The molecule has 1 aromatic heterocycles. The molecule has 1 saturated heterocycles. The SMILES string of the molecule is COC(=O)CCN(CC1CCCO1)C(=O)c1ccnn1C. The third-order valence-electron chi connectivity index (χ3n) is 3.59. The van der Waals surface area contributed by atoms with E-state index in [2.05, 4.69) is 9.84 Å². The van der Waals surface area contributed by atoms with E-state index in [0.29, 0.717) is 18.8 Å². The van der Waals surface area contributed by atoms with Gasteiger partial charge >= 0.3 is 5.97 Å². The normalized spacial score (nSPS) is 17.7. The maximum atomic E-state index is 12.6. The van der Waals surface area contributed by atoms with Gasteiger partial charge in [-0.2, -0.15) is 5.10 Å². The summed E-state index contributed by atoms with van der Waals surface area (Å²) in [4.78, 5) is 25.5. The van der Waals surface area contributed by atoms with Gasteiger partial charge in [-0.15, -0.1) is 0 Å². The van der Waals surface area contributed by atoms with E-state index in [0.717, 1.165) is 19.4 Å². The third-order valence-corrected chi connectivity index (χ3v) is 3.59. The summed E-state index contributed by atoms with van der Waals surface area (Å²) in [7, 11) is 3.06. The molecule has 7 heteroatoms. The van der Waals surface area contributed by atoms with E-state index in [1.165, 1.54) is 11.8 Å². The molecule has 1 unspecified atom stereocenters. The van der Waals surface area contributed by atoms with Crippen LogP contribution in [0.5, 0.6) is 0 Å². The molecule has 1 aliphatic rings. The first-order chi connectivity index (χ1) is 10.1. The fraction of sp³-hybridized carbons (Fsp3) is 0.643. The van der Waals surface area contributed by atoms with Crippen molar-refractivity contribution in [3.05, 3.63) is 18.0 Å². The van der Waals surface area contributed by atoms with Crippen LogP contribution in [0.4, 0.5) is 0 Å². The molecule has 2 rings (SSSR count). The summed E-state index contributed by atoms with van der Waals surface area (Å²) in [5.41, 5.74) is 0.498. The lowest BCUT2D eigenvalue weighted by Crippen LogP contribution is -2.39. The van der Waals surface area contributed by atoms with Crippen LogP contribution < -0.4 is 0 Å². The molecule has 0 radical (unpaired) electrons. The Morgan fingerprint density at radius 2 is 2.38 bits per heavy atom. The Hall–Kier alpha value is -1.89. The first kappa shape index (κ1) is 15.5. The van der Waals surface area contributed by atoms with Crippen molar-refractivity contribution in [3.8, 4) is 0 Å². The molecule has 0 aromatic carbocycles. The van der Waals surface area contributed by atoms with Gasteiger partial charge in [0.2, 0.25) is 0 Å². The van der Waals surface area contributed by atoms with Gasteiger partial charge < -0.3 is 14.4 Å². The van der Waals surface area contributed by atoms with E-state index >= 15 is 0 Å². The van der Waals surface area contributed by atoms with Crippen LogP contribution in [-0.2, 0) is 21.3 Å². The fourth-order valence-electron chi connectivity index (χ4n) is 2.38. The number of carbonyl (C=O) groups is 2. The molecule has 116 valence electrons. The molecule has 21 heavy (non-hydrogen) atoms. The van der Waals surface area contributed by atoms with Gasteiger partial charge in [0.25, 0.3) is 5.91 Å². The molecule has 0 aliphatic carbocycles. The van der Waals surface area contributed by atoms with Crippen molar-refractivity contribution in [3.63, 3.8) is 0 Å². The van der Waals surface area contributed by atoms with Crippen LogP contribution in [0.3, 0.4) is 0 Å². The number of carbonyl (C=O) groups excluding carboxylic acids is 2. The van der Waals surface area contributed by atoms with Gasteiger partial charge in [0.1, 0.15) is 5.69 Å². The molecule has 0 bridgehead atoms. The molecule has 0 saturated carbocycles. The lowest BCUT2D eigenvalue weighted by atomic mass is 10.2. The quantitative estimate of drug-likeness (QED) is 0.719. The Kier molecular flexibility index (Phi) is 5.32. The number of amides is 1. The molecular formula is C14H21N3O4. The largest absolute Gasteiger partial charge is 0.469 e. The number of esters is 1. The van der Waals surface area contributed by atoms with Crippen molar-refractivity contribution in [1.82, 2.24) is 14.7 Å². The van der Waals surface area contributed by atoms with Gasteiger partial charge in [-0.05, 0) is 18.9 Å². The second kappa shape index (κ2) is 7.21. The highest BCUT2D eigenvalue weighted by atomic mass is 16.5. The monoisotopic (exact) mass is 295 g/mol. The van der Waals surface area contributed by atoms with Crippen LogP contribution >= 0.6 is 0 Å². The molecule has 1 atom stereocenters. The zero-order valence-corrected chi connectivity index (χ0v) is 12.4. The Labute approximate surface area is 123 Å². The Morgan fingerprint density at radius 3 is 2.95 bits per heavy atom. The lowest BCUT2D eigenvalue weighted by molar-refractivity contribution is -0.140. The van der Waals surface area contributed by atoms with Crippen molar-refractivity contribution in [2.45, 2.75) is 25.4 Å². The van der Waals surface area contributed by atoms with Crippen LogP contribution in [-0.4, -0.2) is 59.5 Å². The maximum absolute atomic E-state index is 12.6. The van der Waals surface area contributed by atoms with E-state index in [1.807, 2.05) is 0 Å². The average Bonchev–Trinajstić information content (AvgIpc) is 3.13. The summed E-state index contributed by atoms with van der Waals surface area (Å²) < 4.78 is 11.8. The number of hydrogen-bond acceptors (Lipinski definition) is 5. The second-order valence-electron chi connectivity index (χ2n) is 5.05. The highest BCUT2D eigenvalue weighted by Gasteiger charge is 2.25.